The van der Waals surface area contributed by atoms with Crippen molar-refractivity contribution in [2.75, 3.05) is 12.0 Å². The number of carbonyl (C=O) groups excluding carboxylic acids is 2. The van der Waals surface area contributed by atoms with Gasteiger partial charge < -0.3 is 14.3 Å². The first-order chi connectivity index (χ1) is 16.8. The highest BCUT2D eigenvalue weighted by atomic mass is 19.4. The molecule has 0 aliphatic heterocycles. The van der Waals surface area contributed by atoms with Crippen LogP contribution in [0.3, 0.4) is 0 Å². The third-order valence-corrected chi connectivity index (χ3v) is 4.89. The number of furan rings is 1. The van der Waals surface area contributed by atoms with Crippen molar-refractivity contribution in [2.24, 2.45) is 0 Å². The zero-order valence-electron chi connectivity index (χ0n) is 19.9. The summed E-state index contributed by atoms with van der Waals surface area (Å²) in [5.74, 6) is -3.65. The Morgan fingerprint density at radius 3 is 2.06 bits per heavy atom. The number of halogens is 3. The van der Waals surface area contributed by atoms with Gasteiger partial charge in [-0.05, 0) is 41.3 Å². The number of aliphatic carboxylic acids is 1. The second-order valence-corrected chi connectivity index (χ2v) is 8.46. The molecule has 36 heavy (non-hydrogen) atoms. The molecule has 8 nitrogen and oxygen atoms in total. The largest absolute Gasteiger partial charge is 0.490 e. The zero-order chi connectivity index (χ0) is 27.1. The zero-order valence-corrected chi connectivity index (χ0v) is 19.9. The van der Waals surface area contributed by atoms with Crippen LogP contribution in [-0.4, -0.2) is 41.2 Å². The maximum Gasteiger partial charge on any atom is 0.490 e. The number of nitrogens with zero attached hydrogens (tertiary/aromatic N) is 2. The summed E-state index contributed by atoms with van der Waals surface area (Å²) in [4.78, 5) is 40.5. The number of rotatable bonds is 5. The first-order valence-electron chi connectivity index (χ1n) is 10.5. The Morgan fingerprint density at radius 2 is 1.64 bits per heavy atom. The van der Waals surface area contributed by atoms with Crippen molar-refractivity contribution in [3.8, 4) is 0 Å². The Hall–Kier alpha value is -4.15. The van der Waals surface area contributed by atoms with Gasteiger partial charge in [0.1, 0.15) is 0 Å². The average molecular weight is 506 g/mol. The van der Waals surface area contributed by atoms with Crippen LogP contribution in [-0.2, 0) is 19.7 Å². The average Bonchev–Trinajstić information content (AvgIpc) is 3.37. The van der Waals surface area contributed by atoms with Gasteiger partial charge in [-0.2, -0.15) is 13.2 Å². The third-order valence-electron chi connectivity index (χ3n) is 4.89. The molecule has 0 aliphatic rings. The fourth-order valence-corrected chi connectivity index (χ4v) is 3.06. The summed E-state index contributed by atoms with van der Waals surface area (Å²) in [5, 5.41) is 7.12. The molecule has 3 aromatic rings. The van der Waals surface area contributed by atoms with E-state index < -0.39 is 30.1 Å². The molecule has 0 saturated carbocycles. The number of alkyl halides is 3. The first kappa shape index (κ1) is 28.1. The molecule has 2 aromatic heterocycles. The SMILES string of the molecule is COC(=O)C(c1cccnc1)N(C(=O)c1ccco1)c1ccc(C(C)(C)C)cc1.O=C(O)C(F)(F)F. The predicted octanol–water partition coefficient (Wildman–Crippen LogP) is 5.17. The molecule has 3 rings (SSSR count). The van der Waals surface area contributed by atoms with Crippen molar-refractivity contribution >= 4 is 23.5 Å². The van der Waals surface area contributed by atoms with Crippen LogP contribution >= 0.6 is 0 Å². The fraction of sp³-hybridized carbons (Fsp3) is 0.280. The summed E-state index contributed by atoms with van der Waals surface area (Å²) in [6, 6.07) is 13.2. The van der Waals surface area contributed by atoms with E-state index in [1.807, 2.05) is 24.3 Å². The molecular weight excluding hydrogens is 481 g/mol. The van der Waals surface area contributed by atoms with Crippen LogP contribution in [0.25, 0.3) is 0 Å². The Morgan fingerprint density at radius 1 is 1.03 bits per heavy atom. The van der Waals surface area contributed by atoms with E-state index in [4.69, 9.17) is 19.1 Å². The molecule has 0 radical (unpaired) electrons. The van der Waals surface area contributed by atoms with E-state index in [1.54, 1.807) is 36.7 Å². The summed E-state index contributed by atoms with van der Waals surface area (Å²) in [6.45, 7) is 6.34. The maximum absolute atomic E-state index is 13.3. The van der Waals surface area contributed by atoms with Gasteiger partial charge in [0.05, 0.1) is 13.4 Å². The summed E-state index contributed by atoms with van der Waals surface area (Å²) in [6.07, 6.45) is -0.506. The van der Waals surface area contributed by atoms with E-state index in [0.717, 1.165) is 5.56 Å². The van der Waals surface area contributed by atoms with E-state index >= 15 is 0 Å². The highest BCUT2D eigenvalue weighted by Gasteiger charge is 2.38. The normalized spacial score (nSPS) is 12.1. The Kier molecular flexibility index (Phi) is 8.99. The van der Waals surface area contributed by atoms with Crippen molar-refractivity contribution < 1.29 is 41.8 Å². The van der Waals surface area contributed by atoms with E-state index in [0.29, 0.717) is 11.3 Å². The minimum atomic E-state index is -5.08. The number of anilines is 1. The van der Waals surface area contributed by atoms with Gasteiger partial charge in [-0.1, -0.05) is 39.0 Å². The number of hydrogen-bond donors (Lipinski definition) is 1. The van der Waals surface area contributed by atoms with Crippen LogP contribution in [0.2, 0.25) is 0 Å². The lowest BCUT2D eigenvalue weighted by molar-refractivity contribution is -0.192. The van der Waals surface area contributed by atoms with E-state index in [1.165, 1.54) is 18.3 Å². The number of ether oxygens (including phenoxy) is 1. The molecule has 0 aliphatic carbocycles. The lowest BCUT2D eigenvalue weighted by atomic mass is 9.87. The molecule has 2 heterocycles. The minimum Gasteiger partial charge on any atom is -0.475 e. The van der Waals surface area contributed by atoms with Gasteiger partial charge in [0.2, 0.25) is 0 Å². The number of carboxylic acid groups (broad SMARTS) is 1. The highest BCUT2D eigenvalue weighted by molar-refractivity contribution is 6.08. The molecule has 0 bridgehead atoms. The second-order valence-electron chi connectivity index (χ2n) is 8.46. The van der Waals surface area contributed by atoms with Gasteiger partial charge in [-0.15, -0.1) is 0 Å². The van der Waals surface area contributed by atoms with Gasteiger partial charge in [0.15, 0.2) is 11.8 Å². The third kappa shape index (κ3) is 7.17. The van der Waals surface area contributed by atoms with Gasteiger partial charge >= 0.3 is 18.1 Å². The van der Waals surface area contributed by atoms with Gasteiger partial charge in [-0.25, -0.2) is 9.59 Å². The quantitative estimate of drug-likeness (QED) is 0.476. The van der Waals surface area contributed by atoms with Gasteiger partial charge in [-0.3, -0.25) is 14.7 Å². The molecule has 0 fully saturated rings. The van der Waals surface area contributed by atoms with Crippen molar-refractivity contribution in [1.29, 1.82) is 0 Å². The molecule has 0 saturated heterocycles. The monoisotopic (exact) mass is 506 g/mol. The number of carboxylic acids is 1. The molecule has 1 atom stereocenters. The Balaban J connectivity index is 0.000000572. The number of amides is 1. The Bertz CT molecular complexity index is 1160. The van der Waals surface area contributed by atoms with Crippen molar-refractivity contribution in [3.63, 3.8) is 0 Å². The molecule has 1 aromatic carbocycles. The van der Waals surface area contributed by atoms with E-state index in [9.17, 15) is 22.8 Å². The van der Waals surface area contributed by atoms with Gasteiger partial charge in [0, 0.05) is 23.6 Å². The van der Waals surface area contributed by atoms with Crippen LogP contribution in [0.15, 0.2) is 71.6 Å². The molecule has 1 unspecified atom stereocenters. The summed E-state index contributed by atoms with van der Waals surface area (Å²) >= 11 is 0. The number of benzene rings is 1. The molecule has 1 amide bonds. The Labute approximate surface area is 205 Å². The first-order valence-corrected chi connectivity index (χ1v) is 10.5. The molecule has 192 valence electrons. The summed E-state index contributed by atoms with van der Waals surface area (Å²) < 4.78 is 42.1. The van der Waals surface area contributed by atoms with Crippen molar-refractivity contribution in [1.82, 2.24) is 4.98 Å². The molecule has 1 N–H and O–H groups in total. The van der Waals surface area contributed by atoms with Crippen molar-refractivity contribution in [3.05, 3.63) is 84.1 Å². The standard InChI is InChI=1S/C23H24N2O4.C2HF3O2/c1-23(2,3)17-9-11-18(12-10-17)25(21(26)19-8-6-14-29-19)20(22(27)28-4)16-7-5-13-24-15-16;3-2(4,5)1(6)7/h5-15,20H,1-4H3;(H,6,7). The lowest BCUT2D eigenvalue weighted by Crippen LogP contribution is -2.39. The number of carbonyl (C=O) groups is 3. The van der Waals surface area contributed by atoms with Crippen LogP contribution in [0.4, 0.5) is 18.9 Å². The van der Waals surface area contributed by atoms with Crippen LogP contribution in [0.5, 0.6) is 0 Å². The number of methoxy groups -OCH3 is 1. The van der Waals surface area contributed by atoms with Crippen LogP contribution in [0.1, 0.15) is 48.5 Å². The number of hydrogen-bond acceptors (Lipinski definition) is 6. The lowest BCUT2D eigenvalue weighted by Gasteiger charge is -2.30. The topological polar surface area (TPSA) is 110 Å². The van der Waals surface area contributed by atoms with E-state index in [2.05, 4.69) is 25.8 Å². The molecular formula is C25H25F3N2O6. The minimum absolute atomic E-state index is 0.0422. The second kappa shape index (κ2) is 11.5. The smallest absolute Gasteiger partial charge is 0.475 e. The maximum atomic E-state index is 13.3. The fourth-order valence-electron chi connectivity index (χ4n) is 3.06. The van der Waals surface area contributed by atoms with Crippen molar-refractivity contribution in [2.45, 2.75) is 38.4 Å². The summed E-state index contributed by atoms with van der Waals surface area (Å²) in [5.41, 5.74) is 2.17. The highest BCUT2D eigenvalue weighted by Crippen LogP contribution is 2.32. The predicted molar refractivity (Wildman–Crippen MR) is 123 cm³/mol. The molecule has 11 heteroatoms. The number of pyridine rings is 1. The number of esters is 1. The van der Waals surface area contributed by atoms with Crippen LogP contribution < -0.4 is 4.90 Å². The molecule has 0 spiro atoms. The van der Waals surface area contributed by atoms with E-state index in [-0.39, 0.29) is 11.2 Å². The van der Waals surface area contributed by atoms with Gasteiger partial charge in [0.25, 0.3) is 5.91 Å². The number of aromatic nitrogens is 1. The van der Waals surface area contributed by atoms with Crippen LogP contribution in [0, 0.1) is 0 Å². The summed E-state index contributed by atoms with van der Waals surface area (Å²) in [7, 11) is 1.30.